The summed E-state index contributed by atoms with van der Waals surface area (Å²) in [7, 11) is 0. The minimum absolute atomic E-state index is 0.541. The van der Waals surface area contributed by atoms with Crippen molar-refractivity contribution in [2.75, 3.05) is 13.1 Å². The van der Waals surface area contributed by atoms with E-state index in [-0.39, 0.29) is 0 Å². The molecule has 0 aromatic carbocycles. The fraction of sp³-hybridized carbons (Fsp3) is 0.643. The van der Waals surface area contributed by atoms with Gasteiger partial charge < -0.3 is 5.73 Å². The summed E-state index contributed by atoms with van der Waals surface area (Å²) in [6.45, 7) is 4.10. The summed E-state index contributed by atoms with van der Waals surface area (Å²) in [6.07, 6.45) is 4.33. The molecule has 92 valence electrons. The van der Waals surface area contributed by atoms with Crippen molar-refractivity contribution in [3.05, 3.63) is 29.6 Å². The van der Waals surface area contributed by atoms with Crippen molar-refractivity contribution in [1.29, 1.82) is 0 Å². The summed E-state index contributed by atoms with van der Waals surface area (Å²) in [5.41, 5.74) is 7.80. The van der Waals surface area contributed by atoms with Gasteiger partial charge in [-0.1, -0.05) is 12.5 Å². The Morgan fingerprint density at radius 2 is 1.88 bits per heavy atom. The predicted molar refractivity (Wildman–Crippen MR) is 68.2 cm³/mol. The zero-order valence-corrected chi connectivity index (χ0v) is 10.3. The van der Waals surface area contributed by atoms with E-state index in [0.717, 1.165) is 24.1 Å². The summed E-state index contributed by atoms with van der Waals surface area (Å²) >= 11 is 0. The Bertz CT molecular complexity index is 379. The molecule has 1 saturated carbocycles. The highest BCUT2D eigenvalue weighted by molar-refractivity contribution is 5.11. The molecular formula is C14H21N3. The SMILES string of the molecule is NCc1cccc(CN2CC3CCCC3C2)n1. The van der Waals surface area contributed by atoms with Gasteiger partial charge in [0.1, 0.15) is 0 Å². The van der Waals surface area contributed by atoms with Gasteiger partial charge in [0, 0.05) is 26.2 Å². The number of hydrogen-bond acceptors (Lipinski definition) is 3. The molecule has 1 aromatic rings. The summed E-state index contributed by atoms with van der Waals surface area (Å²) in [6, 6.07) is 6.19. The number of aromatic nitrogens is 1. The van der Waals surface area contributed by atoms with E-state index in [2.05, 4.69) is 22.0 Å². The Morgan fingerprint density at radius 3 is 2.59 bits per heavy atom. The first-order valence-electron chi connectivity index (χ1n) is 6.72. The molecule has 0 bridgehead atoms. The lowest BCUT2D eigenvalue weighted by atomic mass is 10.0. The second-order valence-corrected chi connectivity index (χ2v) is 5.47. The largest absolute Gasteiger partial charge is 0.325 e. The van der Waals surface area contributed by atoms with Crippen molar-refractivity contribution in [3.63, 3.8) is 0 Å². The van der Waals surface area contributed by atoms with Gasteiger partial charge in [0.05, 0.1) is 11.4 Å². The zero-order chi connectivity index (χ0) is 11.7. The van der Waals surface area contributed by atoms with E-state index in [4.69, 9.17) is 5.73 Å². The summed E-state index contributed by atoms with van der Waals surface area (Å²) < 4.78 is 0. The van der Waals surface area contributed by atoms with E-state index in [1.165, 1.54) is 38.0 Å². The summed E-state index contributed by atoms with van der Waals surface area (Å²) in [5, 5.41) is 0. The van der Waals surface area contributed by atoms with E-state index in [0.29, 0.717) is 6.54 Å². The van der Waals surface area contributed by atoms with Crippen molar-refractivity contribution < 1.29 is 0 Å². The average molecular weight is 231 g/mol. The van der Waals surface area contributed by atoms with Gasteiger partial charge in [-0.2, -0.15) is 0 Å². The van der Waals surface area contributed by atoms with Gasteiger partial charge >= 0.3 is 0 Å². The molecule has 2 N–H and O–H groups in total. The number of nitrogens with zero attached hydrogens (tertiary/aromatic N) is 2. The Balaban J connectivity index is 1.63. The maximum atomic E-state index is 5.63. The zero-order valence-electron chi connectivity index (χ0n) is 10.3. The topological polar surface area (TPSA) is 42.1 Å². The average Bonchev–Trinajstić information content (AvgIpc) is 2.90. The van der Waals surface area contributed by atoms with Crippen LogP contribution in [-0.2, 0) is 13.1 Å². The van der Waals surface area contributed by atoms with Crippen LogP contribution in [0.3, 0.4) is 0 Å². The highest BCUT2D eigenvalue weighted by Gasteiger charge is 2.35. The van der Waals surface area contributed by atoms with Gasteiger partial charge in [0.25, 0.3) is 0 Å². The van der Waals surface area contributed by atoms with E-state index in [9.17, 15) is 0 Å². The van der Waals surface area contributed by atoms with Crippen LogP contribution in [0, 0.1) is 11.8 Å². The minimum Gasteiger partial charge on any atom is -0.325 e. The van der Waals surface area contributed by atoms with Crippen molar-refractivity contribution in [2.45, 2.75) is 32.4 Å². The minimum atomic E-state index is 0.541. The highest BCUT2D eigenvalue weighted by atomic mass is 15.2. The van der Waals surface area contributed by atoms with Crippen molar-refractivity contribution in [3.8, 4) is 0 Å². The smallest absolute Gasteiger partial charge is 0.0547 e. The normalized spacial score (nSPS) is 28.5. The fourth-order valence-corrected chi connectivity index (χ4v) is 3.42. The number of hydrogen-bond donors (Lipinski definition) is 1. The van der Waals surface area contributed by atoms with Crippen LogP contribution >= 0.6 is 0 Å². The Hall–Kier alpha value is -0.930. The quantitative estimate of drug-likeness (QED) is 0.862. The van der Waals surface area contributed by atoms with Crippen molar-refractivity contribution in [2.24, 2.45) is 17.6 Å². The molecule has 17 heavy (non-hydrogen) atoms. The van der Waals surface area contributed by atoms with Crippen molar-refractivity contribution >= 4 is 0 Å². The second kappa shape index (κ2) is 4.75. The molecule has 3 nitrogen and oxygen atoms in total. The Kier molecular flexibility index (Phi) is 3.12. The third-order valence-electron chi connectivity index (χ3n) is 4.26. The fourth-order valence-electron chi connectivity index (χ4n) is 3.42. The van der Waals surface area contributed by atoms with Crippen LogP contribution in [0.1, 0.15) is 30.7 Å². The molecule has 0 amide bonds. The van der Waals surface area contributed by atoms with Gasteiger partial charge in [-0.25, -0.2) is 0 Å². The number of fused-ring (bicyclic) bond motifs is 1. The highest BCUT2D eigenvalue weighted by Crippen LogP contribution is 2.37. The third kappa shape index (κ3) is 2.35. The van der Waals surface area contributed by atoms with E-state index in [1.807, 2.05) is 6.07 Å². The molecule has 2 heterocycles. The molecule has 2 aliphatic rings. The molecule has 2 atom stereocenters. The second-order valence-electron chi connectivity index (χ2n) is 5.47. The maximum Gasteiger partial charge on any atom is 0.0547 e. The number of nitrogens with two attached hydrogens (primary N) is 1. The van der Waals surface area contributed by atoms with Crippen LogP contribution in [0.5, 0.6) is 0 Å². The summed E-state index contributed by atoms with van der Waals surface area (Å²) in [5.74, 6) is 1.93. The van der Waals surface area contributed by atoms with Gasteiger partial charge in [-0.05, 0) is 36.8 Å². The van der Waals surface area contributed by atoms with Crippen LogP contribution in [-0.4, -0.2) is 23.0 Å². The van der Waals surface area contributed by atoms with Crippen LogP contribution < -0.4 is 5.73 Å². The molecule has 1 aliphatic heterocycles. The molecule has 0 radical (unpaired) electrons. The molecule has 1 aromatic heterocycles. The number of rotatable bonds is 3. The van der Waals surface area contributed by atoms with Gasteiger partial charge in [0.15, 0.2) is 0 Å². The maximum absolute atomic E-state index is 5.63. The first kappa shape index (κ1) is 11.2. The third-order valence-corrected chi connectivity index (χ3v) is 4.26. The first-order valence-corrected chi connectivity index (χ1v) is 6.72. The monoisotopic (exact) mass is 231 g/mol. The van der Waals surface area contributed by atoms with E-state index >= 15 is 0 Å². The molecule has 3 rings (SSSR count). The Morgan fingerprint density at radius 1 is 1.18 bits per heavy atom. The molecule has 2 unspecified atom stereocenters. The van der Waals surface area contributed by atoms with E-state index in [1.54, 1.807) is 0 Å². The van der Waals surface area contributed by atoms with Crippen LogP contribution in [0.4, 0.5) is 0 Å². The lowest BCUT2D eigenvalue weighted by Crippen LogP contribution is -2.22. The van der Waals surface area contributed by atoms with E-state index < -0.39 is 0 Å². The standard InChI is InChI=1S/C14H21N3/c15-7-13-5-2-6-14(16-13)10-17-8-11-3-1-4-12(11)9-17/h2,5-6,11-12H,1,3-4,7-10,15H2. The molecule has 1 aliphatic carbocycles. The first-order chi connectivity index (χ1) is 8.35. The van der Waals surface area contributed by atoms with Gasteiger partial charge in [-0.3, -0.25) is 9.88 Å². The van der Waals surface area contributed by atoms with Crippen LogP contribution in [0.2, 0.25) is 0 Å². The molecule has 2 fully saturated rings. The number of likely N-dealkylation sites (tertiary alicyclic amines) is 1. The molecular weight excluding hydrogens is 210 g/mol. The predicted octanol–water partition coefficient (Wildman–Crippen LogP) is 1.77. The molecule has 3 heteroatoms. The lowest BCUT2D eigenvalue weighted by Gasteiger charge is -2.16. The molecule has 1 saturated heterocycles. The van der Waals surface area contributed by atoms with Crippen molar-refractivity contribution in [1.82, 2.24) is 9.88 Å². The van der Waals surface area contributed by atoms with Gasteiger partial charge in [-0.15, -0.1) is 0 Å². The van der Waals surface area contributed by atoms with Gasteiger partial charge in [0.2, 0.25) is 0 Å². The molecule has 0 spiro atoms. The summed E-state index contributed by atoms with van der Waals surface area (Å²) in [4.78, 5) is 7.15. The number of pyridine rings is 1. The van der Waals surface area contributed by atoms with Crippen LogP contribution in [0.25, 0.3) is 0 Å². The van der Waals surface area contributed by atoms with Crippen LogP contribution in [0.15, 0.2) is 18.2 Å². The lowest BCUT2D eigenvalue weighted by molar-refractivity contribution is 0.299. The Labute approximate surface area is 103 Å².